The Morgan fingerprint density at radius 2 is 1.81 bits per heavy atom. The molecule has 0 amide bonds. The first-order chi connectivity index (χ1) is 7.55. The highest BCUT2D eigenvalue weighted by Crippen LogP contribution is 2.66. The predicted octanol–water partition coefficient (Wildman–Crippen LogP) is 3.59. The predicted molar refractivity (Wildman–Crippen MR) is 68.4 cm³/mol. The molecule has 3 atom stereocenters. The Labute approximate surface area is 100 Å². The minimum Gasteiger partial charge on any atom is -0.314 e. The van der Waals surface area contributed by atoms with E-state index in [2.05, 4.69) is 26.1 Å². The van der Waals surface area contributed by atoms with Crippen molar-refractivity contribution in [3.8, 4) is 0 Å². The third-order valence-corrected chi connectivity index (χ3v) is 5.83. The molecule has 16 heavy (non-hydrogen) atoms. The lowest BCUT2D eigenvalue weighted by Crippen LogP contribution is -2.57. The Balaban J connectivity index is 1.86. The van der Waals surface area contributed by atoms with Crippen LogP contribution >= 0.6 is 0 Å². The minimum absolute atomic E-state index is 0.662. The third-order valence-electron chi connectivity index (χ3n) is 5.83. The van der Waals surface area contributed by atoms with Crippen molar-refractivity contribution in [1.29, 1.82) is 0 Å². The lowest BCUT2D eigenvalue weighted by Gasteiger charge is -2.63. The van der Waals surface area contributed by atoms with E-state index in [4.69, 9.17) is 0 Å². The highest BCUT2D eigenvalue weighted by Gasteiger charge is 2.57. The van der Waals surface area contributed by atoms with Crippen LogP contribution in [0.3, 0.4) is 0 Å². The lowest BCUT2D eigenvalue weighted by molar-refractivity contribution is -0.115. The monoisotopic (exact) mass is 221 g/mol. The van der Waals surface area contributed by atoms with E-state index >= 15 is 0 Å². The molecule has 4 fully saturated rings. The van der Waals surface area contributed by atoms with Gasteiger partial charge in [-0.2, -0.15) is 0 Å². The molecule has 0 aromatic carbocycles. The first kappa shape index (κ1) is 11.1. The van der Waals surface area contributed by atoms with E-state index in [1.54, 1.807) is 6.42 Å². The van der Waals surface area contributed by atoms with Gasteiger partial charge in [0.1, 0.15) is 0 Å². The topological polar surface area (TPSA) is 12.0 Å². The standard InChI is InChI=1S/C15H27N/c1-4-16-11(2)15-8-12-5-13(9-15)7-14(3,6-12)10-15/h11-13,16H,4-10H2,1-3H3. The third kappa shape index (κ3) is 1.54. The molecule has 4 aliphatic carbocycles. The van der Waals surface area contributed by atoms with Crippen molar-refractivity contribution in [1.82, 2.24) is 5.32 Å². The molecule has 4 aliphatic rings. The van der Waals surface area contributed by atoms with E-state index < -0.39 is 0 Å². The summed E-state index contributed by atoms with van der Waals surface area (Å²) in [5, 5.41) is 3.72. The molecule has 3 unspecified atom stereocenters. The molecule has 4 saturated carbocycles. The van der Waals surface area contributed by atoms with Crippen LogP contribution in [0.4, 0.5) is 0 Å². The van der Waals surface area contributed by atoms with E-state index in [9.17, 15) is 0 Å². The summed E-state index contributed by atoms with van der Waals surface area (Å²) >= 11 is 0. The van der Waals surface area contributed by atoms with Gasteiger partial charge >= 0.3 is 0 Å². The smallest absolute Gasteiger partial charge is 0.00954 e. The van der Waals surface area contributed by atoms with E-state index in [0.29, 0.717) is 10.8 Å². The summed E-state index contributed by atoms with van der Waals surface area (Å²) in [7, 11) is 0. The van der Waals surface area contributed by atoms with E-state index in [1.807, 2.05) is 0 Å². The van der Waals surface area contributed by atoms with E-state index in [0.717, 1.165) is 24.4 Å². The Hall–Kier alpha value is -0.0400. The largest absolute Gasteiger partial charge is 0.314 e. The van der Waals surface area contributed by atoms with Crippen molar-refractivity contribution in [2.75, 3.05) is 6.54 Å². The number of hydrogen-bond donors (Lipinski definition) is 1. The molecule has 4 rings (SSSR count). The van der Waals surface area contributed by atoms with Crippen LogP contribution < -0.4 is 5.32 Å². The maximum atomic E-state index is 3.72. The van der Waals surface area contributed by atoms with Crippen LogP contribution in [-0.2, 0) is 0 Å². The van der Waals surface area contributed by atoms with E-state index in [1.165, 1.54) is 32.1 Å². The Kier molecular flexibility index (Phi) is 2.41. The average molecular weight is 221 g/mol. The zero-order valence-electron chi connectivity index (χ0n) is 11.2. The van der Waals surface area contributed by atoms with Crippen molar-refractivity contribution in [3.63, 3.8) is 0 Å². The van der Waals surface area contributed by atoms with Crippen molar-refractivity contribution in [2.45, 2.75) is 65.3 Å². The van der Waals surface area contributed by atoms with Crippen molar-refractivity contribution in [2.24, 2.45) is 22.7 Å². The molecular weight excluding hydrogens is 194 g/mol. The molecule has 1 nitrogen and oxygen atoms in total. The molecule has 1 heteroatoms. The van der Waals surface area contributed by atoms with Crippen LogP contribution in [-0.4, -0.2) is 12.6 Å². The average Bonchev–Trinajstić information content (AvgIpc) is 2.13. The summed E-state index contributed by atoms with van der Waals surface area (Å²) in [5.74, 6) is 2.12. The van der Waals surface area contributed by atoms with Gasteiger partial charge in [0.15, 0.2) is 0 Å². The number of hydrogen-bond acceptors (Lipinski definition) is 1. The van der Waals surface area contributed by atoms with Gasteiger partial charge in [-0.3, -0.25) is 0 Å². The van der Waals surface area contributed by atoms with Gasteiger partial charge in [0.05, 0.1) is 0 Å². The van der Waals surface area contributed by atoms with Gasteiger partial charge in [0.2, 0.25) is 0 Å². The molecule has 92 valence electrons. The molecule has 0 aromatic heterocycles. The molecule has 4 bridgehead atoms. The van der Waals surface area contributed by atoms with Crippen molar-refractivity contribution in [3.05, 3.63) is 0 Å². The summed E-state index contributed by atoms with van der Waals surface area (Å²) < 4.78 is 0. The lowest BCUT2D eigenvalue weighted by atomic mass is 9.43. The summed E-state index contributed by atoms with van der Waals surface area (Å²) in [5.41, 5.74) is 1.36. The number of nitrogens with one attached hydrogen (secondary N) is 1. The molecule has 0 aromatic rings. The van der Waals surface area contributed by atoms with Gasteiger partial charge in [-0.1, -0.05) is 13.8 Å². The van der Waals surface area contributed by atoms with Crippen molar-refractivity contribution < 1.29 is 0 Å². The molecule has 0 heterocycles. The van der Waals surface area contributed by atoms with Gasteiger partial charge in [0, 0.05) is 6.04 Å². The summed E-state index contributed by atoms with van der Waals surface area (Å²) in [6.45, 7) is 8.39. The zero-order chi connectivity index (χ0) is 11.4. The van der Waals surface area contributed by atoms with Crippen molar-refractivity contribution >= 4 is 0 Å². The second-order valence-electron chi connectivity index (χ2n) is 7.41. The first-order valence-electron chi connectivity index (χ1n) is 7.29. The minimum atomic E-state index is 0.662. The zero-order valence-corrected chi connectivity index (χ0v) is 11.2. The van der Waals surface area contributed by atoms with Crippen LogP contribution in [0.1, 0.15) is 59.3 Å². The summed E-state index contributed by atoms with van der Waals surface area (Å²) in [4.78, 5) is 0. The summed E-state index contributed by atoms with van der Waals surface area (Å²) in [6, 6.07) is 0.739. The molecule has 0 radical (unpaired) electrons. The van der Waals surface area contributed by atoms with Gasteiger partial charge in [-0.25, -0.2) is 0 Å². The Bertz CT molecular complexity index is 269. The van der Waals surface area contributed by atoms with Gasteiger partial charge in [0.25, 0.3) is 0 Å². The fraction of sp³-hybridized carbons (Fsp3) is 1.00. The van der Waals surface area contributed by atoms with Crippen LogP contribution in [0.2, 0.25) is 0 Å². The van der Waals surface area contributed by atoms with Crippen LogP contribution in [0.25, 0.3) is 0 Å². The number of rotatable bonds is 3. The molecule has 0 saturated heterocycles. The fourth-order valence-corrected chi connectivity index (χ4v) is 5.83. The van der Waals surface area contributed by atoms with Gasteiger partial charge in [-0.15, -0.1) is 0 Å². The normalized spacial score (nSPS) is 51.9. The first-order valence-corrected chi connectivity index (χ1v) is 7.29. The van der Waals surface area contributed by atoms with Crippen LogP contribution in [0.5, 0.6) is 0 Å². The second-order valence-corrected chi connectivity index (χ2v) is 7.41. The SMILES string of the molecule is CCNC(C)C12CC3CC(CC(C)(C3)C1)C2. The molecule has 1 N–H and O–H groups in total. The highest BCUT2D eigenvalue weighted by atomic mass is 14.9. The van der Waals surface area contributed by atoms with Crippen LogP contribution in [0, 0.1) is 22.7 Å². The maximum absolute atomic E-state index is 3.72. The molecule has 0 aliphatic heterocycles. The fourth-order valence-electron chi connectivity index (χ4n) is 5.83. The quantitative estimate of drug-likeness (QED) is 0.768. The molecular formula is C15H27N. The highest BCUT2D eigenvalue weighted by molar-refractivity contribution is 5.09. The van der Waals surface area contributed by atoms with Gasteiger partial charge in [-0.05, 0) is 74.7 Å². The molecule has 0 spiro atoms. The second kappa shape index (κ2) is 3.48. The van der Waals surface area contributed by atoms with Gasteiger partial charge < -0.3 is 5.32 Å². The Morgan fingerprint density at radius 3 is 2.31 bits per heavy atom. The summed E-state index contributed by atoms with van der Waals surface area (Å²) in [6.07, 6.45) is 9.16. The van der Waals surface area contributed by atoms with Crippen LogP contribution in [0.15, 0.2) is 0 Å². The Morgan fingerprint density at radius 1 is 1.19 bits per heavy atom. The van der Waals surface area contributed by atoms with E-state index in [-0.39, 0.29) is 0 Å². The maximum Gasteiger partial charge on any atom is 0.00954 e.